The van der Waals surface area contributed by atoms with Gasteiger partial charge in [-0.1, -0.05) is 26.0 Å². The molecule has 0 heterocycles. The normalized spacial score (nSPS) is 17.5. The van der Waals surface area contributed by atoms with E-state index in [0.717, 1.165) is 43.2 Å². The quantitative estimate of drug-likeness (QED) is 0.814. The number of hydrogen-bond acceptors (Lipinski definition) is 3. The van der Waals surface area contributed by atoms with Crippen LogP contribution in [0.15, 0.2) is 23.1 Å². The van der Waals surface area contributed by atoms with E-state index in [-0.39, 0.29) is 5.54 Å². The molecule has 2 N–H and O–H groups in total. The van der Waals surface area contributed by atoms with Gasteiger partial charge in [0, 0.05) is 12.1 Å². The van der Waals surface area contributed by atoms with Gasteiger partial charge >= 0.3 is 0 Å². The highest BCUT2D eigenvalue weighted by Gasteiger charge is 2.39. The van der Waals surface area contributed by atoms with Crippen molar-refractivity contribution in [1.29, 1.82) is 0 Å². The fourth-order valence-electron chi connectivity index (χ4n) is 2.93. The molecule has 118 valence electrons. The van der Waals surface area contributed by atoms with Crippen molar-refractivity contribution in [3.8, 4) is 0 Å². The van der Waals surface area contributed by atoms with Gasteiger partial charge in [-0.15, -0.1) is 0 Å². The van der Waals surface area contributed by atoms with Crippen molar-refractivity contribution in [2.45, 2.75) is 62.9 Å². The average Bonchev–Trinajstić information content (AvgIpc) is 2.43. The van der Waals surface area contributed by atoms with E-state index in [1.165, 1.54) is 0 Å². The van der Waals surface area contributed by atoms with Crippen LogP contribution in [-0.2, 0) is 23.0 Å². The number of nitrogens with one attached hydrogen (secondary N) is 2. The van der Waals surface area contributed by atoms with Crippen LogP contribution in [-0.4, -0.2) is 21.0 Å². The predicted octanol–water partition coefficient (Wildman–Crippen LogP) is 2.58. The molecule has 0 spiro atoms. The highest BCUT2D eigenvalue weighted by atomic mass is 32.2. The third-order valence-corrected chi connectivity index (χ3v) is 6.18. The Bertz CT molecular complexity index is 587. The zero-order valence-corrected chi connectivity index (χ0v) is 14.0. The lowest BCUT2D eigenvalue weighted by atomic mass is 9.76. The summed E-state index contributed by atoms with van der Waals surface area (Å²) in [5.74, 6) is 0. The Morgan fingerprint density at radius 1 is 1.24 bits per heavy atom. The van der Waals surface area contributed by atoms with Crippen LogP contribution in [0.1, 0.15) is 50.7 Å². The molecule has 1 saturated carbocycles. The molecule has 1 aliphatic carbocycles. The molecule has 0 aliphatic heterocycles. The van der Waals surface area contributed by atoms with E-state index in [1.54, 1.807) is 6.07 Å². The Morgan fingerprint density at radius 2 is 1.95 bits per heavy atom. The molecule has 1 fully saturated rings. The molecule has 0 bridgehead atoms. The summed E-state index contributed by atoms with van der Waals surface area (Å²) in [5.41, 5.74) is 1.66. The Hall–Kier alpha value is -0.910. The molecule has 21 heavy (non-hydrogen) atoms. The van der Waals surface area contributed by atoms with Gasteiger partial charge in [0.15, 0.2) is 0 Å². The standard InChI is InChI=1S/C16H26N2O2S/c1-4-14-8-7-13(12-17-3)11-15(14)21(19,20)18-16(5-2)9-6-10-16/h7-8,11,17-18H,4-6,9-10,12H2,1-3H3. The van der Waals surface area contributed by atoms with Gasteiger partial charge in [0.2, 0.25) is 10.0 Å². The van der Waals surface area contributed by atoms with Gasteiger partial charge in [-0.25, -0.2) is 13.1 Å². The maximum atomic E-state index is 12.8. The molecule has 0 atom stereocenters. The summed E-state index contributed by atoms with van der Waals surface area (Å²) in [5, 5.41) is 3.07. The van der Waals surface area contributed by atoms with Gasteiger partial charge in [0.25, 0.3) is 0 Å². The minimum Gasteiger partial charge on any atom is -0.316 e. The molecule has 0 aromatic heterocycles. The van der Waals surface area contributed by atoms with E-state index in [4.69, 9.17) is 0 Å². The molecule has 4 nitrogen and oxygen atoms in total. The highest BCUT2D eigenvalue weighted by Crippen LogP contribution is 2.36. The van der Waals surface area contributed by atoms with E-state index in [9.17, 15) is 8.42 Å². The lowest BCUT2D eigenvalue weighted by Crippen LogP contribution is -2.52. The third-order valence-electron chi connectivity index (χ3n) is 4.52. The monoisotopic (exact) mass is 310 g/mol. The maximum absolute atomic E-state index is 12.8. The molecule has 2 rings (SSSR count). The van der Waals surface area contributed by atoms with Crippen LogP contribution in [0.3, 0.4) is 0 Å². The van der Waals surface area contributed by atoms with Crippen molar-refractivity contribution < 1.29 is 8.42 Å². The van der Waals surface area contributed by atoms with E-state index < -0.39 is 10.0 Å². The molecule has 1 aliphatic rings. The van der Waals surface area contributed by atoms with E-state index in [1.807, 2.05) is 26.1 Å². The van der Waals surface area contributed by atoms with Crippen molar-refractivity contribution in [1.82, 2.24) is 10.0 Å². The smallest absolute Gasteiger partial charge is 0.241 e. The van der Waals surface area contributed by atoms with Crippen molar-refractivity contribution in [2.75, 3.05) is 7.05 Å². The summed E-state index contributed by atoms with van der Waals surface area (Å²) in [7, 11) is -1.59. The topological polar surface area (TPSA) is 58.2 Å². The number of aryl methyl sites for hydroxylation is 1. The molecular formula is C16H26N2O2S. The second-order valence-electron chi connectivity index (χ2n) is 5.92. The number of hydrogen-bond donors (Lipinski definition) is 2. The van der Waals surface area contributed by atoms with Crippen LogP contribution in [0.4, 0.5) is 0 Å². The first-order valence-corrected chi connectivity index (χ1v) is 9.25. The molecule has 1 aromatic rings. The minimum atomic E-state index is -3.45. The zero-order chi connectivity index (χ0) is 15.5. The molecule has 0 unspecified atom stereocenters. The van der Waals surface area contributed by atoms with Crippen LogP contribution in [0, 0.1) is 0 Å². The van der Waals surface area contributed by atoms with Gasteiger partial charge in [-0.05, 0) is 56.3 Å². The summed E-state index contributed by atoms with van der Waals surface area (Å²) in [6.07, 6.45) is 4.57. The van der Waals surface area contributed by atoms with E-state index >= 15 is 0 Å². The minimum absolute atomic E-state index is 0.219. The highest BCUT2D eigenvalue weighted by molar-refractivity contribution is 7.89. The number of benzene rings is 1. The molecule has 0 radical (unpaired) electrons. The third kappa shape index (κ3) is 3.47. The van der Waals surface area contributed by atoms with Gasteiger partial charge in [0.05, 0.1) is 4.90 Å². The lowest BCUT2D eigenvalue weighted by Gasteiger charge is -2.41. The van der Waals surface area contributed by atoms with Crippen LogP contribution in [0.5, 0.6) is 0 Å². The van der Waals surface area contributed by atoms with Crippen LogP contribution in [0.25, 0.3) is 0 Å². The summed E-state index contributed by atoms with van der Waals surface area (Å²) in [6, 6.07) is 5.73. The maximum Gasteiger partial charge on any atom is 0.241 e. The first-order valence-electron chi connectivity index (χ1n) is 7.77. The Morgan fingerprint density at radius 3 is 2.43 bits per heavy atom. The zero-order valence-electron chi connectivity index (χ0n) is 13.2. The van der Waals surface area contributed by atoms with Gasteiger partial charge in [-0.2, -0.15) is 0 Å². The molecule has 0 saturated heterocycles. The summed E-state index contributed by atoms with van der Waals surface area (Å²) >= 11 is 0. The lowest BCUT2D eigenvalue weighted by molar-refractivity contribution is 0.214. The van der Waals surface area contributed by atoms with Gasteiger partial charge in [-0.3, -0.25) is 0 Å². The van der Waals surface area contributed by atoms with E-state index in [0.29, 0.717) is 11.4 Å². The average molecular weight is 310 g/mol. The number of sulfonamides is 1. The Balaban J connectivity index is 2.35. The van der Waals surface area contributed by atoms with Crippen molar-refractivity contribution >= 4 is 10.0 Å². The number of rotatable bonds is 7. The SMILES string of the molecule is CCc1ccc(CNC)cc1S(=O)(=O)NC1(CC)CCC1. The first-order chi connectivity index (χ1) is 9.96. The second-order valence-corrected chi connectivity index (χ2v) is 7.57. The Kier molecular flexibility index (Phi) is 5.07. The molecule has 0 amide bonds. The van der Waals surface area contributed by atoms with E-state index in [2.05, 4.69) is 17.0 Å². The second kappa shape index (κ2) is 6.46. The van der Waals surface area contributed by atoms with Crippen molar-refractivity contribution in [3.63, 3.8) is 0 Å². The Labute approximate surface area is 128 Å². The summed E-state index contributed by atoms with van der Waals surface area (Å²) < 4.78 is 28.6. The largest absolute Gasteiger partial charge is 0.316 e. The molecule has 1 aromatic carbocycles. The fraction of sp³-hybridized carbons (Fsp3) is 0.625. The molecule has 5 heteroatoms. The summed E-state index contributed by atoms with van der Waals surface area (Å²) in [4.78, 5) is 0.442. The van der Waals surface area contributed by atoms with Crippen molar-refractivity contribution in [3.05, 3.63) is 29.3 Å². The van der Waals surface area contributed by atoms with Crippen LogP contribution in [0.2, 0.25) is 0 Å². The summed E-state index contributed by atoms with van der Waals surface area (Å²) in [6.45, 7) is 4.72. The predicted molar refractivity (Wildman–Crippen MR) is 85.8 cm³/mol. The molecular weight excluding hydrogens is 284 g/mol. The van der Waals surface area contributed by atoms with Crippen molar-refractivity contribution in [2.24, 2.45) is 0 Å². The van der Waals surface area contributed by atoms with Crippen LogP contribution >= 0.6 is 0 Å². The van der Waals surface area contributed by atoms with Gasteiger partial charge < -0.3 is 5.32 Å². The van der Waals surface area contributed by atoms with Gasteiger partial charge in [0.1, 0.15) is 0 Å². The fourth-order valence-corrected chi connectivity index (χ4v) is 4.82. The van der Waals surface area contributed by atoms with Crippen LogP contribution < -0.4 is 10.0 Å². The first kappa shape index (κ1) is 16.5.